The summed E-state index contributed by atoms with van der Waals surface area (Å²) >= 11 is 1.74. The van der Waals surface area contributed by atoms with Gasteiger partial charge in [0.25, 0.3) is 41.6 Å². The standard InChI is InChI=1S/C20H14N5.2C15H12N5.C14H9N4O.C14H9N4S/c1-2-5-15(6-3-1)25-19-17(7-4-9-22-19)24-13-23-12-14-8-10-21-11-16(14)18(23)20(24)25;2*1-18-12-3-2-5-17-14(12)20-9-13-11-7-16-6-4-10(11)8-19(13)15(18)20;2*1-2-11-13(16-4-1)19-14-12-10-6-15-5-3-9(10)7-17(12)8-18(11)14/h1-11,13H,12H2;2*2-7,9H,8H2,1H3;2*1-6,8H,7H2/q5*+1/i;1D3;;;. The first-order valence-corrected chi connectivity index (χ1v) is 34.4. The van der Waals surface area contributed by atoms with Gasteiger partial charge >= 0.3 is 17.3 Å². The lowest BCUT2D eigenvalue weighted by Crippen LogP contribution is -2.29. The minimum Gasteiger partial charge on any atom is -0.396 e. The van der Waals surface area contributed by atoms with E-state index in [-0.39, 0.29) is 0 Å². The van der Waals surface area contributed by atoms with Gasteiger partial charge in [-0.1, -0.05) is 29.5 Å². The van der Waals surface area contributed by atoms with Crippen LogP contribution in [0.15, 0.2) is 250 Å². The Bertz CT molecular complexity index is 7090. The molecule has 490 valence electrons. The Morgan fingerprint density at radius 1 is 0.437 bits per heavy atom. The quantitative estimate of drug-likeness (QED) is 0.142. The lowest BCUT2D eigenvalue weighted by molar-refractivity contribution is -0.671. The molecule has 0 aliphatic carbocycles. The highest BCUT2D eigenvalue weighted by molar-refractivity contribution is 7.24. The van der Waals surface area contributed by atoms with Crippen molar-refractivity contribution < 1.29 is 31.0 Å². The Hall–Kier alpha value is -13.8. The molecular weight excluding hydrogens is 1310 g/mol. The zero-order valence-corrected chi connectivity index (χ0v) is 55.5. The number of rotatable bonds is 1. The minimum atomic E-state index is -2.28. The molecule has 0 amide bonds. The molecule has 5 aliphatic rings. The third kappa shape index (κ3) is 8.35. The van der Waals surface area contributed by atoms with Crippen LogP contribution in [0.25, 0.3) is 145 Å². The summed E-state index contributed by atoms with van der Waals surface area (Å²) in [5, 5.41) is 0. The molecular formula is C78H56N23OS+5. The lowest BCUT2D eigenvalue weighted by Gasteiger charge is -2.03. The molecule has 0 saturated heterocycles. The van der Waals surface area contributed by atoms with Crippen LogP contribution in [0.3, 0.4) is 0 Å². The van der Waals surface area contributed by atoms with E-state index in [1.165, 1.54) is 70.9 Å². The monoisotopic (exact) mass is 1370 g/mol. The number of benzene rings is 1. The van der Waals surface area contributed by atoms with Crippen molar-refractivity contribution in [3.8, 4) is 62.0 Å². The fraction of sp³-hybridized carbons (Fsp3) is 0.0897. The number of oxazole rings is 1. The largest absolute Gasteiger partial charge is 0.396 e. The average molecular weight is 1370 g/mol. The maximum Gasteiger partial charge on any atom is 0.345 e. The number of thiazole rings is 1. The van der Waals surface area contributed by atoms with E-state index >= 15 is 0 Å². The average Bonchev–Trinajstić information content (AvgIpc) is 1.47. The molecule has 5 aliphatic heterocycles. The summed E-state index contributed by atoms with van der Waals surface area (Å²) in [6, 6.07) is 40.5. The van der Waals surface area contributed by atoms with Crippen LogP contribution in [0, 0.1) is 0 Å². The molecule has 0 fully saturated rings. The van der Waals surface area contributed by atoms with Crippen LogP contribution in [0.2, 0.25) is 0 Å². The van der Waals surface area contributed by atoms with E-state index in [4.69, 9.17) is 8.53 Å². The molecule has 0 atom stereocenters. The molecule has 0 saturated carbocycles. The van der Waals surface area contributed by atoms with E-state index in [1.807, 2.05) is 136 Å². The fourth-order valence-corrected chi connectivity index (χ4v) is 17.0. The zero-order chi connectivity index (χ0) is 70.2. The van der Waals surface area contributed by atoms with Gasteiger partial charge in [0.15, 0.2) is 43.8 Å². The fourth-order valence-electron chi connectivity index (χ4n) is 15.9. The van der Waals surface area contributed by atoms with Gasteiger partial charge in [-0.15, -0.1) is 9.97 Å². The number of aryl methyl sites for hydroxylation is 2. The van der Waals surface area contributed by atoms with Crippen LogP contribution in [0.5, 0.6) is 0 Å². The van der Waals surface area contributed by atoms with Crippen molar-refractivity contribution in [2.75, 3.05) is 0 Å². The Morgan fingerprint density at radius 3 is 1.57 bits per heavy atom. The predicted octanol–water partition coefficient (Wildman–Crippen LogP) is 10.1. The van der Waals surface area contributed by atoms with Crippen LogP contribution in [0.4, 0.5) is 0 Å². The predicted molar refractivity (Wildman–Crippen MR) is 384 cm³/mol. The van der Waals surface area contributed by atoms with Gasteiger partial charge in [0, 0.05) is 122 Å². The molecule has 103 heavy (non-hydrogen) atoms. The van der Waals surface area contributed by atoms with E-state index < -0.39 is 6.98 Å². The number of nitrogens with zero attached hydrogens (tertiary/aromatic N) is 23. The van der Waals surface area contributed by atoms with Gasteiger partial charge in [0.2, 0.25) is 16.2 Å². The summed E-state index contributed by atoms with van der Waals surface area (Å²) in [6.07, 6.45) is 38.3. The lowest BCUT2D eigenvalue weighted by atomic mass is 10.1. The molecule has 0 N–H and O–H groups in total. The maximum atomic E-state index is 7.95. The summed E-state index contributed by atoms with van der Waals surface area (Å²) in [7, 11) is 2.09. The van der Waals surface area contributed by atoms with Crippen LogP contribution in [-0.4, -0.2) is 85.9 Å². The van der Waals surface area contributed by atoms with Gasteiger partial charge in [0.1, 0.15) is 31.0 Å². The molecule has 0 spiro atoms. The second kappa shape index (κ2) is 21.8. The van der Waals surface area contributed by atoms with Crippen LogP contribution < -0.4 is 22.5 Å². The Balaban J connectivity index is 0.0000000830. The smallest absolute Gasteiger partial charge is 0.345 e. The Morgan fingerprint density at radius 2 is 0.932 bits per heavy atom. The number of fused-ring (bicyclic) bond motifs is 35. The van der Waals surface area contributed by atoms with Gasteiger partial charge in [-0.3, -0.25) is 29.5 Å². The molecule has 0 unspecified atom stereocenters. The summed E-state index contributed by atoms with van der Waals surface area (Å²) in [4.78, 5) is 45.9. The zero-order valence-electron chi connectivity index (χ0n) is 57.7. The van der Waals surface area contributed by atoms with E-state index in [1.54, 1.807) is 42.1 Å². The van der Waals surface area contributed by atoms with Crippen molar-refractivity contribution in [1.82, 2.24) is 85.9 Å². The van der Waals surface area contributed by atoms with Crippen molar-refractivity contribution in [2.45, 2.75) is 32.7 Å². The maximum absolute atomic E-state index is 7.95. The third-order valence-corrected chi connectivity index (χ3v) is 21.5. The minimum absolute atomic E-state index is 0.604. The van der Waals surface area contributed by atoms with E-state index in [9.17, 15) is 0 Å². The second-order valence-corrected chi connectivity index (χ2v) is 27.0. The first-order valence-electron chi connectivity index (χ1n) is 35.1. The number of hydrogen-bond donors (Lipinski definition) is 0. The van der Waals surface area contributed by atoms with Crippen molar-refractivity contribution in [1.29, 1.82) is 0 Å². The Kier molecular flexibility index (Phi) is 11.5. The summed E-state index contributed by atoms with van der Waals surface area (Å²) < 4.78 is 57.2. The number of pyridine rings is 10. The van der Waals surface area contributed by atoms with Gasteiger partial charge in [-0.05, 0) is 114 Å². The van der Waals surface area contributed by atoms with Crippen molar-refractivity contribution in [3.63, 3.8) is 0 Å². The highest BCUT2D eigenvalue weighted by atomic mass is 32.1. The SMILES string of the molecule is Cn1c2cccnc2[n+]2cc3n(c12)Cc1ccncc1-3.[2H]C([2H])([2H])n1c2cccnc2[n+]2cc3n(c12)Cc1ccncc1-3.c1ccc(-n2c3ncccc3n3c[n+]4c(c23)-c2cnccc2C4)cc1.c1cnc2oc3c4[n+](cn3c2c1)Cc1ccncc1-4.c1cnc2sc3c4[n+](cn3c2c1)Cc1ccncc1-4. The van der Waals surface area contributed by atoms with Crippen LogP contribution >= 0.6 is 11.3 Å². The molecule has 24 nitrogen and oxygen atoms in total. The first-order chi connectivity index (χ1) is 52.1. The topological polar surface area (TPSA) is 200 Å². The highest BCUT2D eigenvalue weighted by Crippen LogP contribution is 2.39. The molecule has 25 heteroatoms. The summed E-state index contributed by atoms with van der Waals surface area (Å²) in [6.45, 7) is 1.93. The van der Waals surface area contributed by atoms with Gasteiger partial charge in [-0.2, -0.15) is 22.0 Å². The van der Waals surface area contributed by atoms with E-state index in [2.05, 4.69) is 189 Å². The van der Waals surface area contributed by atoms with Crippen molar-refractivity contribution in [2.24, 2.45) is 14.0 Å². The first kappa shape index (κ1) is 54.1. The van der Waals surface area contributed by atoms with E-state index in [0.717, 1.165) is 110 Å². The van der Waals surface area contributed by atoms with Gasteiger partial charge in [0.05, 0.1) is 64.4 Å². The van der Waals surface area contributed by atoms with Gasteiger partial charge < -0.3 is 4.42 Å². The summed E-state index contributed by atoms with van der Waals surface area (Å²) in [5.74, 6) is 1.77. The summed E-state index contributed by atoms with van der Waals surface area (Å²) in [5.41, 5.74) is 29.4. The molecule has 21 aromatic rings. The Labute approximate surface area is 590 Å². The third-order valence-electron chi connectivity index (χ3n) is 20.4. The van der Waals surface area contributed by atoms with Crippen LogP contribution in [0.1, 0.15) is 31.9 Å². The number of aromatic nitrogens is 23. The number of hydrogen-bond acceptors (Lipinski definition) is 12. The molecule has 0 radical (unpaired) electrons. The molecule has 26 rings (SSSR count). The van der Waals surface area contributed by atoms with E-state index in [0.29, 0.717) is 29.2 Å². The molecule has 25 heterocycles. The van der Waals surface area contributed by atoms with Gasteiger partial charge in [-0.25, -0.2) is 46.9 Å². The van der Waals surface area contributed by atoms with Crippen molar-refractivity contribution >= 4 is 94.2 Å². The molecule has 0 bridgehead atoms. The second-order valence-electron chi connectivity index (χ2n) is 26.0. The van der Waals surface area contributed by atoms with Crippen molar-refractivity contribution in [3.05, 3.63) is 273 Å². The number of imidazole rings is 8. The number of para-hydroxylation sites is 1. The highest BCUT2D eigenvalue weighted by Gasteiger charge is 2.38. The van der Waals surface area contributed by atoms with Crippen LogP contribution in [-0.2, 0) is 46.7 Å². The normalized spacial score (nSPS) is 13.5. The molecule has 1 aromatic carbocycles. The molecule has 20 aromatic heterocycles.